The van der Waals surface area contributed by atoms with Crippen LogP contribution in [0.3, 0.4) is 0 Å². The zero-order valence-electron chi connectivity index (χ0n) is 10.5. The van der Waals surface area contributed by atoms with Gasteiger partial charge in [0.2, 0.25) is 0 Å². The molecule has 0 bridgehead atoms. The van der Waals surface area contributed by atoms with Crippen LogP contribution < -0.4 is 5.32 Å². The molecular weight excluding hydrogens is 244 g/mol. The second-order valence-electron chi connectivity index (χ2n) is 4.66. The number of nitrogens with one attached hydrogen (secondary N) is 1. The van der Waals surface area contributed by atoms with E-state index in [2.05, 4.69) is 15.2 Å². The molecule has 3 rings (SSSR count). The Kier molecular flexibility index (Phi) is 3.18. The number of carbonyl (C=O) groups is 1. The number of nitrogens with zero attached hydrogens (tertiary/aromatic N) is 3. The number of fused-ring (bicyclic) bond motifs is 1. The largest absolute Gasteiger partial charge is 0.476 e. The van der Waals surface area contributed by atoms with Crippen LogP contribution >= 0.6 is 0 Å². The van der Waals surface area contributed by atoms with E-state index in [0.717, 1.165) is 32.0 Å². The molecule has 100 valence electrons. The zero-order valence-corrected chi connectivity index (χ0v) is 10.5. The van der Waals surface area contributed by atoms with E-state index >= 15 is 0 Å². The quantitative estimate of drug-likeness (QED) is 0.838. The van der Waals surface area contributed by atoms with Crippen LogP contribution in [-0.4, -0.2) is 51.5 Å². The minimum absolute atomic E-state index is 0.130. The maximum absolute atomic E-state index is 11.2. The lowest BCUT2D eigenvalue weighted by molar-refractivity contribution is 0.0693. The van der Waals surface area contributed by atoms with Crippen LogP contribution in [-0.2, 0) is 6.54 Å². The van der Waals surface area contributed by atoms with Gasteiger partial charge in [0.1, 0.15) is 5.82 Å². The first-order valence-corrected chi connectivity index (χ1v) is 6.38. The number of pyridine rings is 1. The Balaban J connectivity index is 1.96. The summed E-state index contributed by atoms with van der Waals surface area (Å²) >= 11 is 0. The van der Waals surface area contributed by atoms with Crippen molar-refractivity contribution in [1.29, 1.82) is 0 Å². The topological polar surface area (TPSA) is 69.9 Å². The van der Waals surface area contributed by atoms with Gasteiger partial charge in [0.05, 0.1) is 12.1 Å². The first-order valence-electron chi connectivity index (χ1n) is 6.38. The highest BCUT2D eigenvalue weighted by Crippen LogP contribution is 2.14. The Labute approximate surface area is 110 Å². The monoisotopic (exact) mass is 260 g/mol. The molecule has 1 saturated heterocycles. The summed E-state index contributed by atoms with van der Waals surface area (Å²) < 4.78 is 1.87. The van der Waals surface area contributed by atoms with E-state index < -0.39 is 5.97 Å². The zero-order chi connectivity index (χ0) is 13.2. The molecule has 6 heteroatoms. The van der Waals surface area contributed by atoms with E-state index in [9.17, 15) is 9.90 Å². The molecule has 1 aliphatic heterocycles. The molecule has 0 unspecified atom stereocenters. The molecule has 1 aliphatic rings. The lowest BCUT2D eigenvalue weighted by Gasteiger charge is -2.26. The number of aromatic carboxylic acids is 1. The molecule has 0 spiro atoms. The van der Waals surface area contributed by atoms with Crippen molar-refractivity contribution < 1.29 is 9.90 Å². The van der Waals surface area contributed by atoms with Gasteiger partial charge in [-0.3, -0.25) is 4.90 Å². The highest BCUT2D eigenvalue weighted by Gasteiger charge is 2.18. The van der Waals surface area contributed by atoms with Crippen LogP contribution in [0.25, 0.3) is 5.52 Å². The van der Waals surface area contributed by atoms with Crippen LogP contribution in [0.2, 0.25) is 0 Å². The number of aromatic nitrogens is 2. The number of hydrogen-bond donors (Lipinski definition) is 2. The number of rotatable bonds is 3. The predicted octanol–water partition coefficient (Wildman–Crippen LogP) is 0.438. The van der Waals surface area contributed by atoms with Crippen molar-refractivity contribution in [2.45, 2.75) is 6.54 Å². The Bertz CT molecular complexity index is 602. The van der Waals surface area contributed by atoms with E-state index in [-0.39, 0.29) is 5.69 Å². The number of carboxylic acid groups (broad SMARTS) is 1. The Morgan fingerprint density at radius 3 is 2.89 bits per heavy atom. The van der Waals surface area contributed by atoms with Gasteiger partial charge in [-0.05, 0) is 12.1 Å². The van der Waals surface area contributed by atoms with Gasteiger partial charge in [0.15, 0.2) is 5.69 Å². The number of carboxylic acids is 1. The van der Waals surface area contributed by atoms with E-state index in [1.807, 2.05) is 22.7 Å². The number of hydrogen-bond acceptors (Lipinski definition) is 4. The summed E-state index contributed by atoms with van der Waals surface area (Å²) in [6.45, 7) is 4.54. The second-order valence-corrected chi connectivity index (χ2v) is 4.66. The summed E-state index contributed by atoms with van der Waals surface area (Å²) in [5, 5.41) is 12.5. The van der Waals surface area contributed by atoms with Crippen molar-refractivity contribution in [2.24, 2.45) is 0 Å². The molecule has 0 aliphatic carbocycles. The fourth-order valence-electron chi connectivity index (χ4n) is 2.44. The van der Waals surface area contributed by atoms with Crippen molar-refractivity contribution in [3.63, 3.8) is 0 Å². The molecule has 2 aromatic rings. The Hall–Kier alpha value is -1.92. The third-order valence-corrected chi connectivity index (χ3v) is 3.40. The average molecular weight is 260 g/mol. The Morgan fingerprint density at radius 2 is 2.16 bits per heavy atom. The predicted molar refractivity (Wildman–Crippen MR) is 70.3 cm³/mol. The first-order chi connectivity index (χ1) is 9.25. The van der Waals surface area contributed by atoms with Crippen LogP contribution in [0.1, 0.15) is 16.3 Å². The molecule has 19 heavy (non-hydrogen) atoms. The lowest BCUT2D eigenvalue weighted by atomic mass is 10.3. The summed E-state index contributed by atoms with van der Waals surface area (Å²) in [5.74, 6) is -0.190. The molecule has 2 N–H and O–H groups in total. The summed E-state index contributed by atoms with van der Waals surface area (Å²) in [7, 11) is 0. The molecule has 2 aromatic heterocycles. The van der Waals surface area contributed by atoms with Gasteiger partial charge in [-0.2, -0.15) is 0 Å². The van der Waals surface area contributed by atoms with Crippen LogP contribution in [0, 0.1) is 0 Å². The summed E-state index contributed by atoms with van der Waals surface area (Å²) in [4.78, 5) is 17.8. The fraction of sp³-hybridized carbons (Fsp3) is 0.385. The number of imidazole rings is 1. The van der Waals surface area contributed by atoms with Crippen LogP contribution in [0.5, 0.6) is 0 Å². The van der Waals surface area contributed by atoms with Crippen molar-refractivity contribution in [2.75, 3.05) is 26.2 Å². The van der Waals surface area contributed by atoms with Gasteiger partial charge in [0, 0.05) is 32.4 Å². The van der Waals surface area contributed by atoms with Gasteiger partial charge in [-0.1, -0.05) is 6.07 Å². The SMILES string of the molecule is O=C(O)c1nc(CN2CCNCC2)n2ccccc12. The molecule has 3 heterocycles. The molecule has 0 amide bonds. The summed E-state index contributed by atoms with van der Waals surface area (Å²) in [5.41, 5.74) is 0.783. The summed E-state index contributed by atoms with van der Waals surface area (Å²) in [6.07, 6.45) is 1.87. The van der Waals surface area contributed by atoms with Gasteiger partial charge < -0.3 is 14.8 Å². The smallest absolute Gasteiger partial charge is 0.356 e. The highest BCUT2D eigenvalue weighted by molar-refractivity contribution is 5.93. The fourth-order valence-corrected chi connectivity index (χ4v) is 2.44. The Morgan fingerprint density at radius 1 is 1.37 bits per heavy atom. The van der Waals surface area contributed by atoms with Gasteiger partial charge in [0.25, 0.3) is 0 Å². The molecule has 0 atom stereocenters. The molecule has 0 saturated carbocycles. The molecule has 1 fully saturated rings. The third kappa shape index (κ3) is 2.32. The molecule has 0 aromatic carbocycles. The minimum atomic E-state index is -0.977. The third-order valence-electron chi connectivity index (χ3n) is 3.40. The van der Waals surface area contributed by atoms with Gasteiger partial charge >= 0.3 is 5.97 Å². The molecule has 6 nitrogen and oxygen atoms in total. The average Bonchev–Trinajstić information content (AvgIpc) is 2.79. The van der Waals surface area contributed by atoms with Crippen molar-refractivity contribution >= 4 is 11.5 Å². The van der Waals surface area contributed by atoms with Crippen LogP contribution in [0.15, 0.2) is 24.4 Å². The van der Waals surface area contributed by atoms with Gasteiger partial charge in [-0.15, -0.1) is 0 Å². The highest BCUT2D eigenvalue weighted by atomic mass is 16.4. The standard InChI is InChI=1S/C13H16N4O2/c18-13(19)12-10-3-1-2-6-17(10)11(15-12)9-16-7-4-14-5-8-16/h1-3,6,14H,4-5,7-9H2,(H,18,19). The van der Waals surface area contributed by atoms with E-state index in [4.69, 9.17) is 0 Å². The maximum atomic E-state index is 11.2. The summed E-state index contributed by atoms with van der Waals surface area (Å²) in [6, 6.07) is 5.51. The van der Waals surface area contributed by atoms with Crippen molar-refractivity contribution in [3.05, 3.63) is 35.9 Å². The van der Waals surface area contributed by atoms with E-state index in [0.29, 0.717) is 12.1 Å². The van der Waals surface area contributed by atoms with Crippen molar-refractivity contribution in [1.82, 2.24) is 19.6 Å². The maximum Gasteiger partial charge on any atom is 0.356 e. The van der Waals surface area contributed by atoms with Gasteiger partial charge in [-0.25, -0.2) is 9.78 Å². The van der Waals surface area contributed by atoms with Crippen molar-refractivity contribution in [3.8, 4) is 0 Å². The lowest BCUT2D eigenvalue weighted by Crippen LogP contribution is -2.43. The van der Waals surface area contributed by atoms with Crippen LogP contribution in [0.4, 0.5) is 0 Å². The van der Waals surface area contributed by atoms with E-state index in [1.54, 1.807) is 6.07 Å². The molecule has 0 radical (unpaired) electrons. The normalized spacial score (nSPS) is 16.8. The minimum Gasteiger partial charge on any atom is -0.476 e. The second kappa shape index (κ2) is 4.99. The number of piperazine rings is 1. The first kappa shape index (κ1) is 12.1. The van der Waals surface area contributed by atoms with E-state index in [1.165, 1.54) is 0 Å². The molecular formula is C13H16N4O2.